The van der Waals surface area contributed by atoms with Crippen LogP contribution in [0.3, 0.4) is 0 Å². The molecule has 3 N–H and O–H groups in total. The topological polar surface area (TPSA) is 75.4 Å². The van der Waals surface area contributed by atoms with E-state index >= 15 is 0 Å². The maximum Gasteiger partial charge on any atom is 0.228 e. The largest absolute Gasteiger partial charge is 0.355 e. The number of amides is 2. The average Bonchev–Trinajstić information content (AvgIpc) is 2.47. The minimum atomic E-state index is -0.135. The summed E-state index contributed by atoms with van der Waals surface area (Å²) in [6.07, 6.45) is 5.97. The SMILES string of the molecule is CC(C)CC1(C(=O)N2CCCC(C(=O)NCCN)C2)CCC1.Cl. The second kappa shape index (κ2) is 8.88. The molecule has 1 atom stereocenters. The van der Waals surface area contributed by atoms with Gasteiger partial charge in [0.2, 0.25) is 11.8 Å². The van der Waals surface area contributed by atoms with Gasteiger partial charge in [-0.05, 0) is 38.0 Å². The Balaban J connectivity index is 0.00000264. The van der Waals surface area contributed by atoms with E-state index in [9.17, 15) is 9.59 Å². The van der Waals surface area contributed by atoms with Gasteiger partial charge in [0.25, 0.3) is 0 Å². The molecule has 1 heterocycles. The third kappa shape index (κ3) is 4.83. The molecule has 1 aliphatic carbocycles. The molecule has 0 aromatic heterocycles. The predicted molar refractivity (Wildman–Crippen MR) is 94.4 cm³/mol. The summed E-state index contributed by atoms with van der Waals surface area (Å²) in [6.45, 7) is 6.73. The summed E-state index contributed by atoms with van der Waals surface area (Å²) in [7, 11) is 0. The number of carbonyl (C=O) groups excluding carboxylic acids is 2. The Bertz CT molecular complexity index is 411. The lowest BCUT2D eigenvalue weighted by Gasteiger charge is -2.46. The number of nitrogens with zero attached hydrogens (tertiary/aromatic N) is 1. The van der Waals surface area contributed by atoms with E-state index in [0.717, 1.165) is 45.1 Å². The van der Waals surface area contributed by atoms with Gasteiger partial charge in [-0.1, -0.05) is 20.3 Å². The Morgan fingerprint density at radius 3 is 2.52 bits per heavy atom. The molecule has 1 saturated heterocycles. The van der Waals surface area contributed by atoms with Crippen LogP contribution in [0.5, 0.6) is 0 Å². The van der Waals surface area contributed by atoms with Gasteiger partial charge in [0.15, 0.2) is 0 Å². The number of nitrogens with one attached hydrogen (secondary N) is 1. The van der Waals surface area contributed by atoms with Crippen LogP contribution in [0.25, 0.3) is 0 Å². The molecule has 2 aliphatic rings. The van der Waals surface area contributed by atoms with Crippen molar-refractivity contribution in [3.05, 3.63) is 0 Å². The zero-order valence-electron chi connectivity index (χ0n) is 14.5. The van der Waals surface area contributed by atoms with Gasteiger partial charge in [-0.25, -0.2) is 0 Å². The van der Waals surface area contributed by atoms with E-state index in [4.69, 9.17) is 5.73 Å². The first-order chi connectivity index (χ1) is 10.5. The van der Waals surface area contributed by atoms with Crippen LogP contribution in [-0.4, -0.2) is 42.9 Å². The minimum absolute atomic E-state index is 0. The molecule has 134 valence electrons. The number of carbonyl (C=O) groups is 2. The molecule has 6 heteroatoms. The van der Waals surface area contributed by atoms with Crippen molar-refractivity contribution in [3.63, 3.8) is 0 Å². The zero-order chi connectivity index (χ0) is 16.2. The molecule has 5 nitrogen and oxygen atoms in total. The van der Waals surface area contributed by atoms with E-state index in [1.165, 1.54) is 0 Å². The molecule has 0 aromatic carbocycles. The number of rotatable bonds is 6. The van der Waals surface area contributed by atoms with Gasteiger partial charge in [-0.2, -0.15) is 0 Å². The quantitative estimate of drug-likeness (QED) is 0.772. The van der Waals surface area contributed by atoms with Gasteiger partial charge in [0.1, 0.15) is 0 Å². The molecule has 2 amide bonds. The average molecular weight is 346 g/mol. The van der Waals surface area contributed by atoms with Crippen molar-refractivity contribution in [3.8, 4) is 0 Å². The molecule has 0 bridgehead atoms. The van der Waals surface area contributed by atoms with Gasteiger partial charge in [0.05, 0.1) is 5.92 Å². The van der Waals surface area contributed by atoms with Gasteiger partial charge < -0.3 is 16.0 Å². The summed E-state index contributed by atoms with van der Waals surface area (Å²) in [5, 5.41) is 2.86. The molecule has 23 heavy (non-hydrogen) atoms. The van der Waals surface area contributed by atoms with Crippen molar-refractivity contribution in [2.75, 3.05) is 26.2 Å². The monoisotopic (exact) mass is 345 g/mol. The van der Waals surface area contributed by atoms with Crippen LogP contribution >= 0.6 is 12.4 Å². The molecule has 0 radical (unpaired) electrons. The lowest BCUT2D eigenvalue weighted by Crippen LogP contribution is -2.53. The Labute approximate surface area is 146 Å². The maximum absolute atomic E-state index is 13.0. The number of nitrogens with two attached hydrogens (primary N) is 1. The van der Waals surface area contributed by atoms with E-state index < -0.39 is 0 Å². The molecule has 2 rings (SSSR count). The standard InChI is InChI=1S/C17H31N3O2.ClH/c1-13(2)11-17(6-4-7-17)16(22)20-10-3-5-14(12-20)15(21)19-9-8-18;/h13-14H,3-12,18H2,1-2H3,(H,19,21);1H. The van der Waals surface area contributed by atoms with Gasteiger partial charge in [0, 0.05) is 31.6 Å². The van der Waals surface area contributed by atoms with Crippen LogP contribution in [0.4, 0.5) is 0 Å². The summed E-state index contributed by atoms with van der Waals surface area (Å²) in [5.74, 6) is 0.816. The number of likely N-dealkylation sites (tertiary alicyclic amines) is 1. The van der Waals surface area contributed by atoms with Crippen molar-refractivity contribution in [2.24, 2.45) is 23.0 Å². The first kappa shape index (κ1) is 20.2. The van der Waals surface area contributed by atoms with Crippen LogP contribution in [-0.2, 0) is 9.59 Å². The lowest BCUT2D eigenvalue weighted by molar-refractivity contribution is -0.151. The number of halogens is 1. The third-order valence-corrected chi connectivity index (χ3v) is 5.09. The van der Waals surface area contributed by atoms with Crippen molar-refractivity contribution >= 4 is 24.2 Å². The Hall–Kier alpha value is -0.810. The van der Waals surface area contributed by atoms with Crippen LogP contribution in [0.2, 0.25) is 0 Å². The first-order valence-corrected chi connectivity index (χ1v) is 8.75. The molecule has 0 aromatic rings. The fourth-order valence-electron chi connectivity index (χ4n) is 3.94. The summed E-state index contributed by atoms with van der Waals surface area (Å²) < 4.78 is 0. The Morgan fingerprint density at radius 1 is 1.30 bits per heavy atom. The molecule has 2 fully saturated rings. The fraction of sp³-hybridized carbons (Fsp3) is 0.882. The highest BCUT2D eigenvalue weighted by atomic mass is 35.5. The second-order valence-electron chi connectivity index (χ2n) is 7.40. The third-order valence-electron chi connectivity index (χ3n) is 5.09. The van der Waals surface area contributed by atoms with Gasteiger partial charge in [-0.15, -0.1) is 12.4 Å². The summed E-state index contributed by atoms with van der Waals surface area (Å²) in [4.78, 5) is 27.1. The lowest BCUT2D eigenvalue weighted by atomic mass is 9.63. The van der Waals surface area contributed by atoms with E-state index in [0.29, 0.717) is 31.5 Å². The fourth-order valence-corrected chi connectivity index (χ4v) is 3.94. The predicted octanol–water partition coefficient (Wildman–Crippen LogP) is 1.94. The van der Waals surface area contributed by atoms with Crippen LogP contribution in [0, 0.1) is 17.3 Å². The Kier molecular flexibility index (Phi) is 7.81. The first-order valence-electron chi connectivity index (χ1n) is 8.75. The van der Waals surface area contributed by atoms with Gasteiger partial charge >= 0.3 is 0 Å². The van der Waals surface area contributed by atoms with Gasteiger partial charge in [-0.3, -0.25) is 9.59 Å². The van der Waals surface area contributed by atoms with Crippen LogP contribution in [0.1, 0.15) is 52.4 Å². The molecule has 1 aliphatic heterocycles. The van der Waals surface area contributed by atoms with E-state index in [1.807, 2.05) is 4.90 Å². The van der Waals surface area contributed by atoms with Crippen molar-refractivity contribution < 1.29 is 9.59 Å². The van der Waals surface area contributed by atoms with Crippen molar-refractivity contribution in [1.82, 2.24) is 10.2 Å². The normalized spacial score (nSPS) is 23.0. The summed E-state index contributed by atoms with van der Waals surface area (Å²) in [5.41, 5.74) is 5.30. The molecular formula is C17H32ClN3O2. The van der Waals surface area contributed by atoms with E-state index in [1.54, 1.807) is 0 Å². The number of hydrogen-bond donors (Lipinski definition) is 2. The second-order valence-corrected chi connectivity index (χ2v) is 7.40. The molecule has 1 saturated carbocycles. The highest BCUT2D eigenvalue weighted by Crippen LogP contribution is 2.47. The Morgan fingerprint density at radius 2 is 2.00 bits per heavy atom. The van der Waals surface area contributed by atoms with Crippen molar-refractivity contribution in [1.29, 1.82) is 0 Å². The molecule has 0 spiro atoms. The highest BCUT2D eigenvalue weighted by molar-refractivity contribution is 5.85. The number of hydrogen-bond acceptors (Lipinski definition) is 3. The van der Waals surface area contributed by atoms with E-state index in [-0.39, 0.29) is 29.6 Å². The highest BCUT2D eigenvalue weighted by Gasteiger charge is 2.47. The smallest absolute Gasteiger partial charge is 0.228 e. The molecular weight excluding hydrogens is 314 g/mol. The number of piperidine rings is 1. The van der Waals surface area contributed by atoms with Crippen LogP contribution in [0.15, 0.2) is 0 Å². The molecule has 1 unspecified atom stereocenters. The van der Waals surface area contributed by atoms with E-state index in [2.05, 4.69) is 19.2 Å². The maximum atomic E-state index is 13.0. The van der Waals surface area contributed by atoms with Crippen molar-refractivity contribution in [2.45, 2.75) is 52.4 Å². The van der Waals surface area contributed by atoms with Crippen LogP contribution < -0.4 is 11.1 Å². The minimum Gasteiger partial charge on any atom is -0.355 e. The zero-order valence-corrected chi connectivity index (χ0v) is 15.3. The summed E-state index contributed by atoms with van der Waals surface area (Å²) in [6, 6.07) is 0. The summed E-state index contributed by atoms with van der Waals surface area (Å²) >= 11 is 0.